The van der Waals surface area contributed by atoms with Crippen molar-refractivity contribution in [2.45, 2.75) is 58.0 Å². The number of carbonyl (C=O) groups is 2. The quantitative estimate of drug-likeness (QED) is 0.778. The highest BCUT2D eigenvalue weighted by Crippen LogP contribution is 2.12. The average molecular weight is 306 g/mol. The molecule has 1 aliphatic rings. The second-order valence-electron chi connectivity index (χ2n) is 5.54. The average Bonchev–Trinajstić information content (AvgIpc) is 2.37. The maximum absolute atomic E-state index is 12.0. The van der Waals surface area contributed by atoms with Crippen molar-refractivity contribution in [2.75, 3.05) is 20.1 Å². The van der Waals surface area contributed by atoms with Crippen LogP contribution in [0.2, 0.25) is 0 Å². The monoisotopic (exact) mass is 305 g/mol. The first-order chi connectivity index (χ1) is 9.02. The Morgan fingerprint density at radius 3 is 2.60 bits per heavy atom. The van der Waals surface area contributed by atoms with E-state index >= 15 is 0 Å². The van der Waals surface area contributed by atoms with Gasteiger partial charge in [-0.1, -0.05) is 0 Å². The minimum Gasteiger partial charge on any atom is -0.354 e. The van der Waals surface area contributed by atoms with Gasteiger partial charge in [0.2, 0.25) is 11.8 Å². The first-order valence-corrected chi connectivity index (χ1v) is 7.27. The van der Waals surface area contributed by atoms with Crippen molar-refractivity contribution in [3.05, 3.63) is 0 Å². The molecule has 2 amide bonds. The number of piperidine rings is 1. The zero-order chi connectivity index (χ0) is 14.3. The van der Waals surface area contributed by atoms with Crippen LogP contribution in [0.5, 0.6) is 0 Å². The van der Waals surface area contributed by atoms with E-state index in [1.165, 1.54) is 0 Å². The van der Waals surface area contributed by atoms with Gasteiger partial charge < -0.3 is 15.5 Å². The van der Waals surface area contributed by atoms with Crippen LogP contribution in [0.15, 0.2) is 0 Å². The van der Waals surface area contributed by atoms with Crippen molar-refractivity contribution in [1.29, 1.82) is 0 Å². The van der Waals surface area contributed by atoms with Gasteiger partial charge in [-0.05, 0) is 40.2 Å². The summed E-state index contributed by atoms with van der Waals surface area (Å²) in [6, 6.07) is 0.587. The van der Waals surface area contributed by atoms with Crippen LogP contribution in [0.25, 0.3) is 0 Å². The second-order valence-corrected chi connectivity index (χ2v) is 5.54. The number of carbonyl (C=O) groups excluding carboxylic acids is 2. The molecule has 0 aromatic carbocycles. The lowest BCUT2D eigenvalue weighted by atomic mass is 10.1. The van der Waals surface area contributed by atoms with Crippen molar-refractivity contribution in [1.82, 2.24) is 15.5 Å². The van der Waals surface area contributed by atoms with Crippen molar-refractivity contribution < 1.29 is 9.59 Å². The molecule has 20 heavy (non-hydrogen) atoms. The molecule has 1 rings (SSSR count). The van der Waals surface area contributed by atoms with Gasteiger partial charge in [0, 0.05) is 38.0 Å². The number of likely N-dealkylation sites (N-methyl/N-ethyl adjacent to an activating group) is 1. The van der Waals surface area contributed by atoms with Crippen molar-refractivity contribution >= 4 is 24.2 Å². The van der Waals surface area contributed by atoms with Crippen LogP contribution in [-0.2, 0) is 9.59 Å². The molecule has 6 heteroatoms. The predicted octanol–water partition coefficient (Wildman–Crippen LogP) is 1.31. The van der Waals surface area contributed by atoms with Crippen LogP contribution in [0.4, 0.5) is 0 Å². The number of nitrogens with one attached hydrogen (secondary N) is 2. The summed E-state index contributed by atoms with van der Waals surface area (Å²) in [5, 5.41) is 6.07. The first-order valence-electron chi connectivity index (χ1n) is 7.27. The molecule has 0 aromatic rings. The lowest BCUT2D eigenvalue weighted by Gasteiger charge is -2.32. The normalized spacial score (nSPS) is 18.6. The van der Waals surface area contributed by atoms with Crippen molar-refractivity contribution in [3.8, 4) is 0 Å². The molecule has 1 unspecified atom stereocenters. The molecular formula is C14H28ClN3O2. The number of likely N-dealkylation sites (tertiary alicyclic amines) is 1. The number of nitrogens with zero attached hydrogens (tertiary/aromatic N) is 1. The topological polar surface area (TPSA) is 61.4 Å². The van der Waals surface area contributed by atoms with E-state index in [2.05, 4.69) is 10.6 Å². The third-order valence-corrected chi connectivity index (χ3v) is 3.43. The van der Waals surface area contributed by atoms with Gasteiger partial charge in [0.15, 0.2) is 0 Å². The highest BCUT2D eigenvalue weighted by Gasteiger charge is 2.22. The van der Waals surface area contributed by atoms with Gasteiger partial charge in [-0.2, -0.15) is 0 Å². The molecule has 0 bridgehead atoms. The Hall–Kier alpha value is -0.810. The summed E-state index contributed by atoms with van der Waals surface area (Å²) in [5.74, 6) is 0.215. The number of rotatable bonds is 6. The summed E-state index contributed by atoms with van der Waals surface area (Å²) >= 11 is 0. The molecule has 5 nitrogen and oxygen atoms in total. The van der Waals surface area contributed by atoms with Gasteiger partial charge in [-0.15, -0.1) is 12.4 Å². The molecule has 1 heterocycles. The van der Waals surface area contributed by atoms with Crippen LogP contribution < -0.4 is 10.6 Å². The molecule has 1 fully saturated rings. The second kappa shape index (κ2) is 10.00. The minimum absolute atomic E-state index is 0. The van der Waals surface area contributed by atoms with Gasteiger partial charge in [0.1, 0.15) is 0 Å². The van der Waals surface area contributed by atoms with E-state index in [0.29, 0.717) is 25.3 Å². The van der Waals surface area contributed by atoms with Crippen LogP contribution in [0.1, 0.15) is 46.0 Å². The maximum Gasteiger partial charge on any atom is 0.222 e. The number of amides is 2. The summed E-state index contributed by atoms with van der Waals surface area (Å²) in [7, 11) is 1.94. The zero-order valence-electron chi connectivity index (χ0n) is 12.8. The number of hydrogen-bond donors (Lipinski definition) is 2. The van der Waals surface area contributed by atoms with Gasteiger partial charge in [0.25, 0.3) is 0 Å². The molecule has 0 radical (unpaired) electrons. The van der Waals surface area contributed by atoms with Gasteiger partial charge >= 0.3 is 0 Å². The van der Waals surface area contributed by atoms with Crippen molar-refractivity contribution in [2.24, 2.45) is 0 Å². The standard InChI is InChI=1S/C14H27N3O2.ClH/c1-11(2)16-13(18)7-4-8-14(19)17-9-5-6-12(10-17)15-3;/h11-12,15H,4-10H2,1-3H3,(H,16,18);1H. The minimum atomic E-state index is 0. The molecule has 2 N–H and O–H groups in total. The maximum atomic E-state index is 12.0. The van der Waals surface area contributed by atoms with E-state index < -0.39 is 0 Å². The summed E-state index contributed by atoms with van der Waals surface area (Å²) in [6.07, 6.45) is 3.75. The fourth-order valence-electron chi connectivity index (χ4n) is 2.39. The highest BCUT2D eigenvalue weighted by atomic mass is 35.5. The Morgan fingerprint density at radius 2 is 2.00 bits per heavy atom. The van der Waals surface area contributed by atoms with E-state index in [1.807, 2.05) is 25.8 Å². The third kappa shape index (κ3) is 7.10. The fraction of sp³-hybridized carbons (Fsp3) is 0.857. The van der Waals surface area contributed by atoms with E-state index in [4.69, 9.17) is 0 Å². The smallest absolute Gasteiger partial charge is 0.222 e. The molecule has 1 aliphatic heterocycles. The van der Waals surface area contributed by atoms with Gasteiger partial charge in [-0.3, -0.25) is 9.59 Å². The van der Waals surface area contributed by atoms with Gasteiger partial charge in [-0.25, -0.2) is 0 Å². The molecule has 118 valence electrons. The third-order valence-electron chi connectivity index (χ3n) is 3.43. The molecule has 1 saturated heterocycles. The largest absolute Gasteiger partial charge is 0.354 e. The lowest BCUT2D eigenvalue weighted by Crippen LogP contribution is -2.46. The van der Waals surface area contributed by atoms with Crippen LogP contribution in [0, 0.1) is 0 Å². The SMILES string of the molecule is CNC1CCCN(C(=O)CCCC(=O)NC(C)C)C1.Cl. The highest BCUT2D eigenvalue weighted by molar-refractivity contribution is 5.85. The van der Waals surface area contributed by atoms with Crippen molar-refractivity contribution in [3.63, 3.8) is 0 Å². The Morgan fingerprint density at radius 1 is 1.30 bits per heavy atom. The van der Waals surface area contributed by atoms with Crippen LogP contribution in [-0.4, -0.2) is 48.9 Å². The molecule has 0 aromatic heterocycles. The number of hydrogen-bond acceptors (Lipinski definition) is 3. The molecule has 0 saturated carbocycles. The fourth-order valence-corrected chi connectivity index (χ4v) is 2.39. The lowest BCUT2D eigenvalue weighted by molar-refractivity contribution is -0.132. The van der Waals surface area contributed by atoms with E-state index in [9.17, 15) is 9.59 Å². The first kappa shape index (κ1) is 19.2. The zero-order valence-corrected chi connectivity index (χ0v) is 13.6. The summed E-state index contributed by atoms with van der Waals surface area (Å²) in [5.41, 5.74) is 0. The predicted molar refractivity (Wildman–Crippen MR) is 83.0 cm³/mol. The molecule has 0 aliphatic carbocycles. The van der Waals surface area contributed by atoms with E-state index in [1.54, 1.807) is 0 Å². The summed E-state index contributed by atoms with van der Waals surface area (Å²) < 4.78 is 0. The Balaban J connectivity index is 0.00000361. The van der Waals surface area contributed by atoms with Crippen LogP contribution >= 0.6 is 12.4 Å². The van der Waals surface area contributed by atoms with E-state index in [0.717, 1.165) is 25.9 Å². The Bertz CT molecular complexity index is 311. The van der Waals surface area contributed by atoms with Gasteiger partial charge in [0.05, 0.1) is 0 Å². The molecule has 0 spiro atoms. The van der Waals surface area contributed by atoms with E-state index in [-0.39, 0.29) is 30.3 Å². The van der Waals surface area contributed by atoms with Crippen LogP contribution in [0.3, 0.4) is 0 Å². The Labute approximate surface area is 128 Å². The summed E-state index contributed by atoms with van der Waals surface area (Å²) in [4.78, 5) is 25.4. The Kier molecular flexibility index (Phi) is 9.59. The molecular weight excluding hydrogens is 278 g/mol. The summed E-state index contributed by atoms with van der Waals surface area (Å²) in [6.45, 7) is 5.53. The number of halogens is 1. The molecule has 1 atom stereocenters.